The lowest BCUT2D eigenvalue weighted by molar-refractivity contribution is 0.118. The molecule has 2 unspecified atom stereocenters. The molecule has 0 aromatic heterocycles. The number of carbonyl (C=O) groups is 1. The standard InChI is InChI=1S/C25H21ClN2O3/c26-20-13-11-18(12-14-20)24(17-9-10-17)28-25(29)31-23(16-27)19-5-4-8-22(15-19)30-21-6-2-1-3-7-21/h1-8,11-15,17,23-24H,9-10H2,(H,28,29). The fourth-order valence-corrected chi connectivity index (χ4v) is 3.50. The molecule has 1 aliphatic carbocycles. The molecule has 0 bridgehead atoms. The lowest BCUT2D eigenvalue weighted by Crippen LogP contribution is -2.31. The number of amides is 1. The van der Waals surface area contributed by atoms with Crippen LogP contribution in [0.15, 0.2) is 78.9 Å². The Morgan fingerprint density at radius 1 is 0.968 bits per heavy atom. The Balaban J connectivity index is 1.43. The number of nitriles is 1. The maximum atomic E-state index is 12.6. The van der Waals surface area contributed by atoms with Crippen molar-refractivity contribution in [2.75, 3.05) is 0 Å². The van der Waals surface area contributed by atoms with Gasteiger partial charge >= 0.3 is 6.09 Å². The Kier molecular flexibility index (Phi) is 6.40. The highest BCUT2D eigenvalue weighted by molar-refractivity contribution is 6.30. The van der Waals surface area contributed by atoms with Crippen molar-refractivity contribution < 1.29 is 14.3 Å². The fraction of sp³-hybridized carbons (Fsp3) is 0.200. The largest absolute Gasteiger partial charge is 0.457 e. The van der Waals surface area contributed by atoms with Crippen LogP contribution in [0.1, 0.15) is 36.1 Å². The Morgan fingerprint density at radius 3 is 2.35 bits per heavy atom. The van der Waals surface area contributed by atoms with E-state index in [1.54, 1.807) is 36.4 Å². The number of benzene rings is 3. The molecule has 156 valence electrons. The van der Waals surface area contributed by atoms with Crippen LogP contribution in [0.4, 0.5) is 4.79 Å². The van der Waals surface area contributed by atoms with Crippen molar-refractivity contribution in [1.29, 1.82) is 5.26 Å². The van der Waals surface area contributed by atoms with Gasteiger partial charge in [0.05, 0.1) is 6.04 Å². The van der Waals surface area contributed by atoms with E-state index in [1.807, 2.05) is 48.5 Å². The van der Waals surface area contributed by atoms with Gasteiger partial charge in [0.2, 0.25) is 6.10 Å². The first-order chi connectivity index (χ1) is 15.1. The second kappa shape index (κ2) is 9.55. The molecule has 1 N–H and O–H groups in total. The van der Waals surface area contributed by atoms with E-state index in [9.17, 15) is 10.1 Å². The summed E-state index contributed by atoms with van der Waals surface area (Å²) in [5, 5.41) is 13.2. The zero-order valence-electron chi connectivity index (χ0n) is 16.7. The number of para-hydroxylation sites is 1. The third kappa shape index (κ3) is 5.56. The molecule has 0 aliphatic heterocycles. The van der Waals surface area contributed by atoms with Crippen LogP contribution in [0.5, 0.6) is 11.5 Å². The van der Waals surface area contributed by atoms with E-state index < -0.39 is 12.2 Å². The van der Waals surface area contributed by atoms with Gasteiger partial charge in [-0.3, -0.25) is 0 Å². The van der Waals surface area contributed by atoms with Gasteiger partial charge in [-0.1, -0.05) is 54.1 Å². The van der Waals surface area contributed by atoms with Gasteiger partial charge in [0.25, 0.3) is 0 Å². The van der Waals surface area contributed by atoms with Gasteiger partial charge in [0.15, 0.2) is 0 Å². The normalized spacial score (nSPS) is 14.7. The van der Waals surface area contributed by atoms with Crippen molar-refractivity contribution in [2.45, 2.75) is 25.0 Å². The summed E-state index contributed by atoms with van der Waals surface area (Å²) >= 11 is 5.98. The summed E-state index contributed by atoms with van der Waals surface area (Å²) in [5.41, 5.74) is 1.51. The first-order valence-corrected chi connectivity index (χ1v) is 10.5. The maximum absolute atomic E-state index is 12.6. The molecule has 0 saturated heterocycles. The lowest BCUT2D eigenvalue weighted by Gasteiger charge is -2.20. The van der Waals surface area contributed by atoms with Crippen LogP contribution in [0.3, 0.4) is 0 Å². The van der Waals surface area contributed by atoms with Gasteiger partial charge in [0.1, 0.15) is 17.6 Å². The van der Waals surface area contributed by atoms with Crippen LogP contribution in [-0.2, 0) is 4.74 Å². The Morgan fingerprint density at radius 2 is 1.68 bits per heavy atom. The van der Waals surface area contributed by atoms with E-state index in [2.05, 4.69) is 5.32 Å². The van der Waals surface area contributed by atoms with E-state index in [4.69, 9.17) is 21.1 Å². The number of hydrogen-bond acceptors (Lipinski definition) is 4. The zero-order chi connectivity index (χ0) is 21.6. The Labute approximate surface area is 186 Å². The maximum Gasteiger partial charge on any atom is 0.409 e. The van der Waals surface area contributed by atoms with Crippen molar-refractivity contribution in [1.82, 2.24) is 5.32 Å². The van der Waals surface area contributed by atoms with Gasteiger partial charge in [0, 0.05) is 10.6 Å². The van der Waals surface area contributed by atoms with Gasteiger partial charge in [-0.15, -0.1) is 0 Å². The molecule has 4 rings (SSSR count). The number of carbonyl (C=O) groups excluding carboxylic acids is 1. The zero-order valence-corrected chi connectivity index (χ0v) is 17.5. The molecule has 1 aliphatic rings. The molecule has 3 aromatic rings. The Bertz CT molecular complexity index is 1080. The summed E-state index contributed by atoms with van der Waals surface area (Å²) in [5.74, 6) is 1.60. The van der Waals surface area contributed by atoms with Crippen molar-refractivity contribution in [3.05, 3.63) is 95.0 Å². The van der Waals surface area contributed by atoms with Crippen LogP contribution in [0.25, 0.3) is 0 Å². The molecule has 5 nitrogen and oxygen atoms in total. The fourth-order valence-electron chi connectivity index (χ4n) is 3.38. The first-order valence-electron chi connectivity index (χ1n) is 10.1. The second-order valence-electron chi connectivity index (χ2n) is 7.41. The number of nitrogens with one attached hydrogen (secondary N) is 1. The first kappa shape index (κ1) is 20.8. The molecule has 3 aromatic carbocycles. The number of ether oxygens (including phenoxy) is 2. The smallest absolute Gasteiger partial charge is 0.409 e. The Hall–Kier alpha value is -3.49. The molecule has 0 spiro atoms. The van der Waals surface area contributed by atoms with Gasteiger partial charge < -0.3 is 14.8 Å². The third-order valence-electron chi connectivity index (χ3n) is 5.08. The number of nitrogens with zero attached hydrogens (tertiary/aromatic N) is 1. The number of rotatable bonds is 7. The third-order valence-corrected chi connectivity index (χ3v) is 5.33. The van der Waals surface area contributed by atoms with E-state index in [0.29, 0.717) is 28.0 Å². The molecule has 1 fully saturated rings. The van der Waals surface area contributed by atoms with Crippen molar-refractivity contribution in [3.8, 4) is 17.6 Å². The summed E-state index contributed by atoms with van der Waals surface area (Å²) in [7, 11) is 0. The predicted molar refractivity (Wildman–Crippen MR) is 118 cm³/mol. The van der Waals surface area contributed by atoms with Crippen LogP contribution in [0, 0.1) is 17.2 Å². The highest BCUT2D eigenvalue weighted by atomic mass is 35.5. The average Bonchev–Trinajstić information content (AvgIpc) is 3.63. The van der Waals surface area contributed by atoms with Crippen LogP contribution >= 0.6 is 11.6 Å². The van der Waals surface area contributed by atoms with E-state index in [0.717, 1.165) is 18.4 Å². The quantitative estimate of drug-likeness (QED) is 0.458. The molecular weight excluding hydrogens is 412 g/mol. The van der Waals surface area contributed by atoms with Crippen molar-refractivity contribution >= 4 is 17.7 Å². The molecular formula is C25H21ClN2O3. The summed E-state index contributed by atoms with van der Waals surface area (Å²) in [6.07, 6.45) is 0.388. The summed E-state index contributed by atoms with van der Waals surface area (Å²) in [4.78, 5) is 12.6. The lowest BCUT2D eigenvalue weighted by atomic mass is 10.0. The topological polar surface area (TPSA) is 71.3 Å². The van der Waals surface area contributed by atoms with Gasteiger partial charge in [-0.2, -0.15) is 5.26 Å². The minimum absolute atomic E-state index is 0.170. The molecule has 0 radical (unpaired) electrons. The summed E-state index contributed by atoms with van der Waals surface area (Å²) < 4.78 is 11.3. The van der Waals surface area contributed by atoms with Crippen LogP contribution in [-0.4, -0.2) is 6.09 Å². The number of hydrogen-bond donors (Lipinski definition) is 1. The molecule has 2 atom stereocenters. The van der Waals surface area contributed by atoms with Gasteiger partial charge in [-0.05, 0) is 60.7 Å². The highest BCUT2D eigenvalue weighted by Crippen LogP contribution is 2.41. The summed E-state index contributed by atoms with van der Waals surface area (Å²) in [6, 6.07) is 25.6. The number of alkyl carbamates (subject to hydrolysis) is 1. The van der Waals surface area contributed by atoms with Crippen molar-refractivity contribution in [3.63, 3.8) is 0 Å². The molecule has 31 heavy (non-hydrogen) atoms. The minimum Gasteiger partial charge on any atom is -0.457 e. The van der Waals surface area contributed by atoms with Crippen LogP contribution < -0.4 is 10.1 Å². The van der Waals surface area contributed by atoms with Gasteiger partial charge in [-0.25, -0.2) is 4.79 Å². The van der Waals surface area contributed by atoms with Crippen molar-refractivity contribution in [2.24, 2.45) is 5.92 Å². The number of halogens is 1. The SMILES string of the molecule is N#CC(OC(=O)NC(c1ccc(Cl)cc1)C1CC1)c1cccc(Oc2ccccc2)c1. The predicted octanol–water partition coefficient (Wildman–Crippen LogP) is 6.57. The average molecular weight is 433 g/mol. The monoisotopic (exact) mass is 432 g/mol. The second-order valence-corrected chi connectivity index (χ2v) is 7.85. The molecule has 1 amide bonds. The highest BCUT2D eigenvalue weighted by Gasteiger charge is 2.34. The summed E-state index contributed by atoms with van der Waals surface area (Å²) in [6.45, 7) is 0. The van der Waals surface area contributed by atoms with E-state index in [1.165, 1.54) is 0 Å². The molecule has 0 heterocycles. The van der Waals surface area contributed by atoms with E-state index >= 15 is 0 Å². The van der Waals surface area contributed by atoms with E-state index in [-0.39, 0.29) is 6.04 Å². The van der Waals surface area contributed by atoms with Crippen LogP contribution in [0.2, 0.25) is 5.02 Å². The molecule has 6 heteroatoms. The minimum atomic E-state index is -1.05. The molecule has 1 saturated carbocycles.